The lowest BCUT2D eigenvalue weighted by atomic mass is 10.2. The molecule has 1 rings (SSSR count). The molecule has 2 heteroatoms. The van der Waals surface area contributed by atoms with Crippen LogP contribution in [0.3, 0.4) is 0 Å². The quantitative estimate of drug-likeness (QED) is 0.487. The van der Waals surface area contributed by atoms with Gasteiger partial charge in [0.15, 0.2) is 0 Å². The average Bonchev–Trinajstić information content (AvgIpc) is 2.05. The van der Waals surface area contributed by atoms with Crippen LogP contribution in [0.4, 0.5) is 11.4 Å². The first-order valence-electron chi connectivity index (χ1n) is 3.64. The Morgan fingerprint density at radius 3 is 2.64 bits per heavy atom. The van der Waals surface area contributed by atoms with E-state index < -0.39 is 0 Å². The van der Waals surface area contributed by atoms with Crippen LogP contribution in [-0.4, -0.2) is 14.1 Å². The Labute approximate surface area is 67.8 Å². The zero-order valence-corrected chi connectivity index (χ0v) is 7.04. The molecule has 0 fully saturated rings. The number of nitrogens with two attached hydrogens (primary N) is 1. The van der Waals surface area contributed by atoms with Crippen LogP contribution < -0.4 is 10.2 Å². The maximum atomic E-state index is 3.71. The van der Waals surface area contributed by atoms with Crippen molar-refractivity contribution in [2.45, 2.75) is 0 Å². The lowest BCUT2D eigenvalue weighted by Crippen LogP contribution is -2.69. The van der Waals surface area contributed by atoms with E-state index in [0.717, 1.165) is 5.69 Å². The molecule has 2 nitrogen and oxygen atoms in total. The van der Waals surface area contributed by atoms with Crippen LogP contribution in [0.2, 0.25) is 0 Å². The van der Waals surface area contributed by atoms with Gasteiger partial charge in [0.1, 0.15) is 5.69 Å². The highest BCUT2D eigenvalue weighted by atomic mass is 15.1. The molecule has 1 aromatic rings. The number of benzene rings is 1. The molecule has 1 aromatic carbocycles. The molecule has 0 amide bonds. The predicted molar refractivity (Wildman–Crippen MR) is 47.7 cm³/mol. The molecule has 0 aliphatic rings. The topological polar surface area (TPSA) is 19.9 Å². The Bertz CT molecular complexity index is 231. The first kappa shape index (κ1) is 8.08. The van der Waals surface area contributed by atoms with Gasteiger partial charge < -0.3 is 10.2 Å². The van der Waals surface area contributed by atoms with Gasteiger partial charge in [-0.15, -0.1) is 7.05 Å². The fourth-order valence-corrected chi connectivity index (χ4v) is 0.930. The van der Waals surface area contributed by atoms with Gasteiger partial charge in [-0.05, 0) is 12.1 Å². The van der Waals surface area contributed by atoms with E-state index in [1.807, 2.05) is 31.5 Å². The third-order valence-corrected chi connectivity index (χ3v) is 1.62. The standard InChI is InChI=1S/C9H14N2/c1-10-8-5-4-6-9(7-8)11(2)3/h4-7H,1,10H2,2-3H3. The van der Waals surface area contributed by atoms with Gasteiger partial charge >= 0.3 is 0 Å². The summed E-state index contributed by atoms with van der Waals surface area (Å²) in [6.45, 7) is 0. The number of hydrogen-bond acceptors (Lipinski definition) is 1. The zero-order valence-electron chi connectivity index (χ0n) is 7.04. The number of nitrogens with zero attached hydrogens (tertiary/aromatic N) is 1. The second-order valence-electron chi connectivity index (χ2n) is 2.69. The molecule has 0 spiro atoms. The van der Waals surface area contributed by atoms with Crippen LogP contribution in [0.1, 0.15) is 0 Å². The van der Waals surface area contributed by atoms with Crippen LogP contribution in [0.15, 0.2) is 24.3 Å². The zero-order chi connectivity index (χ0) is 8.27. The Morgan fingerprint density at radius 2 is 2.09 bits per heavy atom. The van der Waals surface area contributed by atoms with E-state index in [-0.39, 0.29) is 0 Å². The van der Waals surface area contributed by atoms with Crippen molar-refractivity contribution in [2.24, 2.45) is 0 Å². The van der Waals surface area contributed by atoms with Gasteiger partial charge in [-0.1, -0.05) is 6.07 Å². The minimum absolute atomic E-state index is 1.16. The molecule has 11 heavy (non-hydrogen) atoms. The molecule has 0 saturated carbocycles. The van der Waals surface area contributed by atoms with Crippen molar-refractivity contribution in [1.82, 2.24) is 0 Å². The van der Waals surface area contributed by atoms with E-state index in [1.165, 1.54) is 5.69 Å². The third kappa shape index (κ3) is 1.95. The van der Waals surface area contributed by atoms with Gasteiger partial charge in [-0.3, -0.25) is 0 Å². The molecule has 60 valence electrons. The molecule has 2 N–H and O–H groups in total. The van der Waals surface area contributed by atoms with Gasteiger partial charge in [0, 0.05) is 25.8 Å². The number of quaternary nitrogens is 1. The smallest absolute Gasteiger partial charge is 0.105 e. The van der Waals surface area contributed by atoms with E-state index in [0.29, 0.717) is 0 Å². The summed E-state index contributed by atoms with van der Waals surface area (Å²) in [6.07, 6.45) is 0. The van der Waals surface area contributed by atoms with Gasteiger partial charge in [-0.25, -0.2) is 0 Å². The molecule has 0 aliphatic carbocycles. The first-order chi connectivity index (χ1) is 5.24. The molecule has 0 aliphatic heterocycles. The Kier molecular flexibility index (Phi) is 2.49. The molecule has 0 radical (unpaired) electrons. The van der Waals surface area contributed by atoms with Gasteiger partial charge in [0.2, 0.25) is 0 Å². The highest BCUT2D eigenvalue weighted by molar-refractivity contribution is 5.51. The van der Waals surface area contributed by atoms with Gasteiger partial charge in [-0.2, -0.15) is 0 Å². The van der Waals surface area contributed by atoms with Crippen LogP contribution in [0.25, 0.3) is 0 Å². The molecule has 0 atom stereocenters. The monoisotopic (exact) mass is 150 g/mol. The molecule has 0 saturated heterocycles. The molecule has 0 aromatic heterocycles. The summed E-state index contributed by atoms with van der Waals surface area (Å²) in [4.78, 5) is 2.08. The number of anilines is 1. The van der Waals surface area contributed by atoms with Crippen molar-refractivity contribution < 1.29 is 5.32 Å². The fourth-order valence-electron chi connectivity index (χ4n) is 0.930. The van der Waals surface area contributed by atoms with Crippen LogP contribution in [0, 0.1) is 7.05 Å². The van der Waals surface area contributed by atoms with E-state index >= 15 is 0 Å². The van der Waals surface area contributed by atoms with Crippen molar-refractivity contribution in [3.8, 4) is 0 Å². The van der Waals surface area contributed by atoms with E-state index in [1.54, 1.807) is 0 Å². The summed E-state index contributed by atoms with van der Waals surface area (Å²) >= 11 is 0. The second-order valence-corrected chi connectivity index (χ2v) is 2.69. The number of hydrogen-bond donors (Lipinski definition) is 1. The number of rotatable bonds is 2. The van der Waals surface area contributed by atoms with Crippen LogP contribution in [0.5, 0.6) is 0 Å². The maximum Gasteiger partial charge on any atom is 0.105 e. The summed E-state index contributed by atoms with van der Waals surface area (Å²) in [6, 6.07) is 8.26. The predicted octanol–water partition coefficient (Wildman–Crippen LogP) is 0.739. The largest absolute Gasteiger partial charge is 0.446 e. The lowest BCUT2D eigenvalue weighted by molar-refractivity contribution is -0.504. The summed E-state index contributed by atoms with van der Waals surface area (Å²) < 4.78 is 0. The highest BCUT2D eigenvalue weighted by Gasteiger charge is 1.95. The second kappa shape index (κ2) is 3.39. The van der Waals surface area contributed by atoms with Crippen molar-refractivity contribution in [2.75, 3.05) is 19.0 Å². The summed E-state index contributed by atoms with van der Waals surface area (Å²) in [5.41, 5.74) is 2.37. The fraction of sp³-hybridized carbons (Fsp3) is 0.222. The van der Waals surface area contributed by atoms with Crippen molar-refractivity contribution in [3.05, 3.63) is 31.3 Å². The Hall–Kier alpha value is -1.02. The molecular formula is C9H14N2. The van der Waals surface area contributed by atoms with Gasteiger partial charge in [0.05, 0.1) is 0 Å². The minimum atomic E-state index is 1.16. The molecule has 0 heterocycles. The Morgan fingerprint density at radius 1 is 1.36 bits per heavy atom. The first-order valence-corrected chi connectivity index (χ1v) is 3.64. The van der Waals surface area contributed by atoms with Crippen molar-refractivity contribution >= 4 is 11.4 Å². The SMILES string of the molecule is [CH2-][NH2+]c1cccc(N(C)C)c1. The molecular weight excluding hydrogens is 136 g/mol. The van der Waals surface area contributed by atoms with Crippen LogP contribution >= 0.6 is 0 Å². The van der Waals surface area contributed by atoms with Crippen molar-refractivity contribution in [3.63, 3.8) is 0 Å². The van der Waals surface area contributed by atoms with E-state index in [2.05, 4.69) is 24.1 Å². The van der Waals surface area contributed by atoms with E-state index in [4.69, 9.17) is 0 Å². The summed E-state index contributed by atoms with van der Waals surface area (Å²) in [5, 5.41) is 1.85. The minimum Gasteiger partial charge on any atom is -0.446 e. The summed E-state index contributed by atoms with van der Waals surface area (Å²) in [5.74, 6) is 0. The summed E-state index contributed by atoms with van der Waals surface area (Å²) in [7, 11) is 7.77. The maximum absolute atomic E-state index is 3.71. The molecule has 0 bridgehead atoms. The van der Waals surface area contributed by atoms with Crippen molar-refractivity contribution in [1.29, 1.82) is 0 Å². The van der Waals surface area contributed by atoms with E-state index in [9.17, 15) is 0 Å². The Balaban J connectivity index is 2.91. The van der Waals surface area contributed by atoms with Gasteiger partial charge in [0.25, 0.3) is 0 Å². The van der Waals surface area contributed by atoms with Crippen LogP contribution in [-0.2, 0) is 0 Å². The third-order valence-electron chi connectivity index (χ3n) is 1.62. The molecule has 0 unspecified atom stereocenters. The lowest BCUT2D eigenvalue weighted by Gasteiger charge is -2.12. The normalized spacial score (nSPS) is 9.73. The average molecular weight is 150 g/mol. The highest BCUT2D eigenvalue weighted by Crippen LogP contribution is 2.13.